The van der Waals surface area contributed by atoms with Gasteiger partial charge in [-0.1, -0.05) is 79.1 Å². The molecule has 2 N–H and O–H groups in total. The van der Waals surface area contributed by atoms with Crippen molar-refractivity contribution >= 4 is 0 Å². The van der Waals surface area contributed by atoms with Crippen molar-refractivity contribution in [3.8, 4) is 0 Å². The van der Waals surface area contributed by atoms with Crippen LogP contribution in [0.3, 0.4) is 0 Å². The first-order valence-corrected chi connectivity index (χ1v) is 14.5. The van der Waals surface area contributed by atoms with Gasteiger partial charge in [0.2, 0.25) is 0 Å². The minimum absolute atomic E-state index is 0. The summed E-state index contributed by atoms with van der Waals surface area (Å²) >= 11 is 0. The predicted octanol–water partition coefficient (Wildman–Crippen LogP) is 8.48. The van der Waals surface area contributed by atoms with E-state index in [0.717, 1.165) is 4.48 Å². The van der Waals surface area contributed by atoms with E-state index in [0.29, 0.717) is 0 Å². The number of hydrogen-bond acceptors (Lipinski definition) is 2. The summed E-state index contributed by atoms with van der Waals surface area (Å²) in [4.78, 5) is 0. The van der Waals surface area contributed by atoms with Crippen LogP contribution in [0, 0.1) is 0 Å². The van der Waals surface area contributed by atoms with Gasteiger partial charge in [0.05, 0.1) is 53.9 Å². The van der Waals surface area contributed by atoms with Gasteiger partial charge >= 0.3 is 0 Å². The topological polar surface area (TPSA) is 60.0 Å². The molecule has 0 unspecified atom stereocenters. The molecule has 4 nitrogen and oxygen atoms in total. The van der Waals surface area contributed by atoms with Gasteiger partial charge in [0, 0.05) is 0 Å². The van der Waals surface area contributed by atoms with E-state index in [9.17, 15) is 0 Å². The lowest BCUT2D eigenvalue weighted by atomic mass is 10.1. The van der Waals surface area contributed by atoms with E-state index in [-0.39, 0.29) is 11.0 Å². The summed E-state index contributed by atoms with van der Waals surface area (Å²) < 4.78 is 2.53. The Morgan fingerprint density at radius 2 is 0.576 bits per heavy atom. The van der Waals surface area contributed by atoms with E-state index in [1.54, 1.807) is 0 Å². The zero-order chi connectivity index (χ0) is 23.8. The molecular weight excluding hydrogens is 408 g/mol. The fourth-order valence-electron chi connectivity index (χ4n) is 4.17. The lowest BCUT2D eigenvalue weighted by Crippen LogP contribution is -2.50. The summed E-state index contributed by atoms with van der Waals surface area (Å²) in [5, 5.41) is 0. The number of rotatable bonds is 21. The minimum atomic E-state index is 0. The zero-order valence-electron chi connectivity index (χ0n) is 24.6. The van der Waals surface area contributed by atoms with E-state index in [1.807, 2.05) is 0 Å². The fraction of sp³-hybridized carbons (Fsp3) is 1.00. The van der Waals surface area contributed by atoms with Crippen molar-refractivity contribution in [1.29, 1.82) is 0 Å². The van der Waals surface area contributed by atoms with Crippen LogP contribution < -0.4 is 0 Å². The monoisotopic (exact) mass is 477 g/mol. The molecule has 0 amide bonds. The molecule has 0 saturated carbocycles. The van der Waals surface area contributed by atoms with Gasteiger partial charge in [0.1, 0.15) is 0 Å². The second-order valence-corrected chi connectivity index (χ2v) is 11.1. The third kappa shape index (κ3) is 29.8. The number of quaternary nitrogens is 2. The Bertz CT molecular complexity index is 289. The Balaban J connectivity index is -0.000000462. The van der Waals surface area contributed by atoms with Crippen LogP contribution in [0.25, 0.3) is 0 Å². The van der Waals surface area contributed by atoms with Crippen molar-refractivity contribution in [2.24, 2.45) is 0 Å². The van der Waals surface area contributed by atoms with Crippen LogP contribution in [0.4, 0.5) is 0 Å². The molecule has 0 radical (unpaired) electrons. The maximum Gasteiger partial charge on any atom is 0.0786 e. The SMILES string of the molecule is CCCCCC[N+](CCCCCC)(CCCCCC)CCCCCC.CC[N+](C)(C)C.[OH-].[OH-]. The van der Waals surface area contributed by atoms with Crippen LogP contribution in [0.5, 0.6) is 0 Å². The predicted molar refractivity (Wildman–Crippen MR) is 149 cm³/mol. The largest absolute Gasteiger partial charge is 0.870 e. The average Bonchev–Trinajstić information content (AvgIpc) is 2.75. The summed E-state index contributed by atoms with van der Waals surface area (Å²) in [6.45, 7) is 18.6. The number of hydrogen-bond donors (Lipinski definition) is 0. The van der Waals surface area contributed by atoms with Crippen molar-refractivity contribution in [3.05, 3.63) is 0 Å². The molecule has 0 spiro atoms. The first kappa shape index (κ1) is 40.0. The van der Waals surface area contributed by atoms with Crippen molar-refractivity contribution in [3.63, 3.8) is 0 Å². The Kier molecular flexibility index (Phi) is 34.1. The molecule has 0 atom stereocenters. The molecule has 0 saturated heterocycles. The molecule has 0 aromatic heterocycles. The van der Waals surface area contributed by atoms with Gasteiger partial charge < -0.3 is 19.9 Å². The quantitative estimate of drug-likeness (QED) is 0.123. The van der Waals surface area contributed by atoms with Crippen LogP contribution in [0.15, 0.2) is 0 Å². The lowest BCUT2D eigenvalue weighted by molar-refractivity contribution is -0.929. The molecule has 0 bridgehead atoms. The smallest absolute Gasteiger partial charge is 0.0786 e. The Labute approximate surface area is 211 Å². The average molecular weight is 477 g/mol. The molecule has 206 valence electrons. The third-order valence-electron chi connectivity index (χ3n) is 6.89. The molecular formula is C29H68N2O2. The summed E-state index contributed by atoms with van der Waals surface area (Å²) in [7, 11) is 6.54. The van der Waals surface area contributed by atoms with Gasteiger partial charge in [-0.3, -0.25) is 0 Å². The maximum absolute atomic E-state index is 2.34. The molecule has 0 aliphatic rings. The maximum atomic E-state index is 2.34. The van der Waals surface area contributed by atoms with Crippen molar-refractivity contribution < 1.29 is 19.9 Å². The molecule has 0 rings (SSSR count). The first-order chi connectivity index (χ1) is 14.8. The second kappa shape index (κ2) is 28.1. The molecule has 0 aliphatic heterocycles. The Hall–Kier alpha value is -0.160. The van der Waals surface area contributed by atoms with Gasteiger partial charge in [-0.15, -0.1) is 0 Å². The summed E-state index contributed by atoms with van der Waals surface area (Å²) in [6, 6.07) is 0. The minimum Gasteiger partial charge on any atom is -0.870 e. The highest BCUT2D eigenvalue weighted by molar-refractivity contribution is 4.53. The van der Waals surface area contributed by atoms with Crippen LogP contribution in [-0.2, 0) is 0 Å². The van der Waals surface area contributed by atoms with Crippen molar-refractivity contribution in [2.75, 3.05) is 53.9 Å². The molecule has 0 fully saturated rings. The normalized spacial score (nSPS) is 11.3. The van der Waals surface area contributed by atoms with Gasteiger partial charge in [0.25, 0.3) is 0 Å². The van der Waals surface area contributed by atoms with Gasteiger partial charge in [-0.05, 0) is 58.3 Å². The Morgan fingerprint density at radius 1 is 0.364 bits per heavy atom. The van der Waals surface area contributed by atoms with Gasteiger partial charge in [-0.2, -0.15) is 0 Å². The fourth-order valence-corrected chi connectivity index (χ4v) is 4.17. The highest BCUT2D eigenvalue weighted by Gasteiger charge is 2.25. The van der Waals surface area contributed by atoms with E-state index >= 15 is 0 Å². The molecule has 0 aliphatic carbocycles. The molecule has 4 heteroatoms. The zero-order valence-corrected chi connectivity index (χ0v) is 24.6. The summed E-state index contributed by atoms with van der Waals surface area (Å²) in [5.41, 5.74) is 0. The Morgan fingerprint density at radius 3 is 0.727 bits per heavy atom. The molecule has 33 heavy (non-hydrogen) atoms. The van der Waals surface area contributed by atoms with E-state index < -0.39 is 0 Å². The lowest BCUT2D eigenvalue weighted by Gasteiger charge is -2.39. The molecule has 0 heterocycles. The standard InChI is InChI=1S/C24H52N.C5H14N.2H2O/c1-5-9-13-17-21-25(22-18-14-10-6-2,23-19-15-11-7-3)24-20-16-12-8-4;1-5-6(2,3)4;;/h5-24H2,1-4H3;5H2,1-4H3;2*1H2/q2*+1;;/p-2. The van der Waals surface area contributed by atoms with E-state index in [1.165, 1.54) is 140 Å². The highest BCUT2D eigenvalue weighted by Crippen LogP contribution is 2.19. The molecule has 0 aromatic carbocycles. The second-order valence-electron chi connectivity index (χ2n) is 11.1. The van der Waals surface area contributed by atoms with Crippen molar-refractivity contribution in [1.82, 2.24) is 0 Å². The van der Waals surface area contributed by atoms with Gasteiger partial charge in [-0.25, -0.2) is 0 Å². The van der Waals surface area contributed by atoms with Crippen LogP contribution >= 0.6 is 0 Å². The number of unbranched alkanes of at least 4 members (excludes halogenated alkanes) is 12. The molecule has 0 aromatic rings. The van der Waals surface area contributed by atoms with Crippen LogP contribution in [-0.4, -0.2) is 73.8 Å². The van der Waals surface area contributed by atoms with E-state index in [2.05, 4.69) is 55.8 Å². The summed E-state index contributed by atoms with van der Waals surface area (Å²) in [6.07, 6.45) is 22.8. The van der Waals surface area contributed by atoms with Crippen molar-refractivity contribution in [2.45, 2.75) is 137 Å². The van der Waals surface area contributed by atoms with Crippen LogP contribution in [0.2, 0.25) is 0 Å². The highest BCUT2D eigenvalue weighted by atomic mass is 16.0. The van der Waals surface area contributed by atoms with Crippen LogP contribution in [0.1, 0.15) is 137 Å². The summed E-state index contributed by atoms with van der Waals surface area (Å²) in [5.74, 6) is 0. The third-order valence-corrected chi connectivity index (χ3v) is 6.89. The number of nitrogens with zero attached hydrogens (tertiary/aromatic N) is 2. The first-order valence-electron chi connectivity index (χ1n) is 14.5. The van der Waals surface area contributed by atoms with E-state index in [4.69, 9.17) is 0 Å². The van der Waals surface area contributed by atoms with Gasteiger partial charge in [0.15, 0.2) is 0 Å².